The summed E-state index contributed by atoms with van der Waals surface area (Å²) in [4.78, 5) is 24.5. The van der Waals surface area contributed by atoms with Crippen LogP contribution in [-0.4, -0.2) is 67.9 Å². The van der Waals surface area contributed by atoms with Crippen molar-refractivity contribution in [3.05, 3.63) is 21.1 Å². The summed E-state index contributed by atoms with van der Waals surface area (Å²) in [6, 6.07) is 2.60. The van der Waals surface area contributed by atoms with Crippen LogP contribution in [0.2, 0.25) is 0 Å². The number of benzene rings is 1. The fraction of sp³-hybridized carbons (Fsp3) is 0.652. The van der Waals surface area contributed by atoms with Crippen LogP contribution in [0, 0.1) is 0 Å². The predicted octanol–water partition coefficient (Wildman–Crippen LogP) is 5.28. The lowest BCUT2D eigenvalue weighted by atomic mass is 10.1. The number of hydrogen-bond acceptors (Lipinski definition) is 6. The van der Waals surface area contributed by atoms with Crippen LogP contribution >= 0.6 is 31.9 Å². The second-order valence-electron chi connectivity index (χ2n) is 8.20. The molecule has 0 aliphatic rings. The van der Waals surface area contributed by atoms with Crippen molar-refractivity contribution in [3.8, 4) is 5.75 Å². The molecule has 1 aromatic rings. The van der Waals surface area contributed by atoms with Gasteiger partial charge in [0.05, 0.1) is 13.8 Å². The zero-order chi connectivity index (χ0) is 25.7. The van der Waals surface area contributed by atoms with Crippen molar-refractivity contribution in [2.24, 2.45) is 0 Å². The van der Waals surface area contributed by atoms with Gasteiger partial charge in [-0.15, -0.1) is 0 Å². The lowest BCUT2D eigenvalue weighted by Gasteiger charge is -2.25. The van der Waals surface area contributed by atoms with E-state index in [0.29, 0.717) is 13.1 Å². The normalized spacial score (nSPS) is 11.9. The number of aliphatic carboxylic acids is 1. The van der Waals surface area contributed by atoms with Gasteiger partial charge in [-0.25, -0.2) is 18.0 Å². The third-order valence-corrected chi connectivity index (χ3v) is 8.45. The highest BCUT2D eigenvalue weighted by Crippen LogP contribution is 2.36. The number of halogens is 2. The molecule has 0 aromatic heterocycles. The molecular formula is C23H36Br2N2O6S. The number of nitrogens with zero attached hydrogens (tertiary/aromatic N) is 2. The third-order valence-electron chi connectivity index (χ3n) is 5.44. The molecule has 1 aromatic carbocycles. The summed E-state index contributed by atoms with van der Waals surface area (Å²) in [5, 5.41) is 8.74. The first kappa shape index (κ1) is 31.0. The first-order chi connectivity index (χ1) is 16.0. The molecule has 0 fully saturated rings. The Morgan fingerprint density at radius 3 is 1.82 bits per heavy atom. The number of likely N-dealkylation sites (N-methyl/N-ethyl adjacent to an activating group) is 1. The van der Waals surface area contributed by atoms with Crippen LogP contribution in [0.3, 0.4) is 0 Å². The highest BCUT2D eigenvalue weighted by molar-refractivity contribution is 9.11. The number of carboxylic acid groups (broad SMARTS) is 1. The molecular weight excluding hydrogens is 592 g/mol. The van der Waals surface area contributed by atoms with E-state index in [0.717, 1.165) is 25.9 Å². The van der Waals surface area contributed by atoms with Crippen molar-refractivity contribution in [2.45, 2.75) is 70.1 Å². The topological polar surface area (TPSA) is 104 Å². The molecule has 0 radical (unpaired) electrons. The summed E-state index contributed by atoms with van der Waals surface area (Å²) >= 11 is 6.34. The maximum absolute atomic E-state index is 13.2. The van der Waals surface area contributed by atoms with Crippen LogP contribution in [0.25, 0.3) is 0 Å². The van der Waals surface area contributed by atoms with Crippen molar-refractivity contribution in [1.82, 2.24) is 9.21 Å². The van der Waals surface area contributed by atoms with E-state index in [9.17, 15) is 18.0 Å². The zero-order valence-electron chi connectivity index (χ0n) is 20.2. The molecule has 0 atom stereocenters. The van der Waals surface area contributed by atoms with E-state index in [4.69, 9.17) is 9.84 Å². The fourth-order valence-corrected chi connectivity index (χ4v) is 6.23. The molecule has 0 aliphatic heterocycles. The van der Waals surface area contributed by atoms with E-state index >= 15 is 0 Å². The van der Waals surface area contributed by atoms with Gasteiger partial charge in [0.2, 0.25) is 10.0 Å². The molecule has 0 aliphatic carbocycles. The average Bonchev–Trinajstić information content (AvgIpc) is 2.78. The Morgan fingerprint density at radius 2 is 1.38 bits per heavy atom. The van der Waals surface area contributed by atoms with Gasteiger partial charge in [-0.2, -0.15) is 4.31 Å². The van der Waals surface area contributed by atoms with Gasteiger partial charge < -0.3 is 14.7 Å². The van der Waals surface area contributed by atoms with E-state index in [1.165, 1.54) is 55.0 Å². The molecule has 0 bridgehead atoms. The molecule has 0 spiro atoms. The van der Waals surface area contributed by atoms with Crippen LogP contribution < -0.4 is 4.74 Å². The minimum Gasteiger partial charge on any atom is -0.473 e. The predicted molar refractivity (Wildman–Crippen MR) is 140 cm³/mol. The number of carbonyl (C=O) groups excluding carboxylic acids is 1. The van der Waals surface area contributed by atoms with Gasteiger partial charge >= 0.3 is 11.9 Å². The van der Waals surface area contributed by atoms with Crippen molar-refractivity contribution < 1.29 is 27.9 Å². The first-order valence-electron chi connectivity index (χ1n) is 11.7. The molecule has 0 saturated heterocycles. The molecule has 11 heteroatoms. The summed E-state index contributed by atoms with van der Waals surface area (Å²) in [6.45, 7) is 7.27. The smallest absolute Gasteiger partial charge is 0.422 e. The van der Waals surface area contributed by atoms with E-state index in [-0.39, 0.29) is 19.6 Å². The van der Waals surface area contributed by atoms with Gasteiger partial charge in [-0.3, -0.25) is 0 Å². The molecule has 8 nitrogen and oxygen atoms in total. The van der Waals surface area contributed by atoms with E-state index in [2.05, 4.69) is 50.6 Å². The average molecular weight is 628 g/mol. The minimum absolute atomic E-state index is 0.00122. The number of rotatable bonds is 16. The highest BCUT2D eigenvalue weighted by Gasteiger charge is 2.25. The molecule has 1 rings (SSSR count). The van der Waals surface area contributed by atoms with Gasteiger partial charge in [0.1, 0.15) is 0 Å². The van der Waals surface area contributed by atoms with Crippen molar-refractivity contribution in [3.63, 3.8) is 0 Å². The monoisotopic (exact) mass is 626 g/mol. The molecule has 0 heterocycles. The van der Waals surface area contributed by atoms with E-state index < -0.39 is 22.0 Å². The number of esters is 1. The number of carboxylic acids is 1. The molecule has 0 unspecified atom stereocenters. The third kappa shape index (κ3) is 10.3. The van der Waals surface area contributed by atoms with Crippen LogP contribution in [0.15, 0.2) is 26.0 Å². The van der Waals surface area contributed by atoms with Crippen molar-refractivity contribution in [2.75, 3.05) is 33.2 Å². The Balaban J connectivity index is 2.87. The van der Waals surface area contributed by atoms with Crippen molar-refractivity contribution >= 4 is 53.8 Å². The second-order valence-corrected chi connectivity index (χ2v) is 12.0. The SMILES string of the molecule is CCCCCCN(CCCCCC)CCN(C)S(=O)(=O)c1cc(Br)c(OC(=O)C(=O)O)c(Br)c1. The van der Waals surface area contributed by atoms with Gasteiger partial charge in [0.15, 0.2) is 5.75 Å². The van der Waals surface area contributed by atoms with Gasteiger partial charge in [-0.1, -0.05) is 52.4 Å². The number of carbonyl (C=O) groups is 2. The first-order valence-corrected chi connectivity index (χ1v) is 14.7. The number of ether oxygens (including phenoxy) is 1. The Hall–Kier alpha value is -1.01. The Morgan fingerprint density at radius 1 is 0.882 bits per heavy atom. The maximum atomic E-state index is 13.2. The molecule has 34 heavy (non-hydrogen) atoms. The largest absolute Gasteiger partial charge is 0.473 e. The Kier molecular flexibility index (Phi) is 14.5. The van der Waals surface area contributed by atoms with Gasteiger partial charge in [0, 0.05) is 20.1 Å². The van der Waals surface area contributed by atoms with Crippen molar-refractivity contribution in [1.29, 1.82) is 0 Å². The summed E-state index contributed by atoms with van der Waals surface area (Å²) < 4.78 is 32.7. The summed E-state index contributed by atoms with van der Waals surface area (Å²) in [6.07, 6.45) is 9.34. The number of sulfonamides is 1. The van der Waals surface area contributed by atoms with Gasteiger partial charge in [-0.05, 0) is 69.9 Å². The number of unbranched alkanes of at least 4 members (excludes halogenated alkanes) is 6. The molecule has 0 amide bonds. The Bertz CT molecular complexity index is 876. The quantitative estimate of drug-likeness (QED) is 0.115. The second kappa shape index (κ2) is 15.9. The minimum atomic E-state index is -3.81. The standard InChI is InChI=1S/C23H36Br2N2O6S/c1-4-6-8-10-12-27(13-11-9-7-5-2)15-14-26(3)34(31,32)18-16-19(24)21(20(25)17-18)33-23(30)22(28)29/h16-17H,4-15H2,1-3H3,(H,28,29). The highest BCUT2D eigenvalue weighted by atomic mass is 79.9. The summed E-state index contributed by atoms with van der Waals surface area (Å²) in [5.41, 5.74) is 0. The van der Waals surface area contributed by atoms with Crippen LogP contribution in [0.5, 0.6) is 5.75 Å². The lowest BCUT2D eigenvalue weighted by Crippen LogP contribution is -2.37. The maximum Gasteiger partial charge on any atom is 0.422 e. The van der Waals surface area contributed by atoms with Crippen LogP contribution in [0.4, 0.5) is 0 Å². The molecule has 1 N–H and O–H groups in total. The van der Waals surface area contributed by atoms with E-state index in [1.54, 1.807) is 7.05 Å². The van der Waals surface area contributed by atoms with E-state index in [1.807, 2.05) is 0 Å². The van der Waals surface area contributed by atoms with Crippen LogP contribution in [-0.2, 0) is 19.6 Å². The van der Waals surface area contributed by atoms with Crippen LogP contribution in [0.1, 0.15) is 65.2 Å². The fourth-order valence-electron chi connectivity index (χ4n) is 3.36. The Labute approximate surface area is 220 Å². The van der Waals surface area contributed by atoms with Gasteiger partial charge in [0.25, 0.3) is 0 Å². The number of hydrogen-bond donors (Lipinski definition) is 1. The summed E-state index contributed by atoms with van der Waals surface area (Å²) in [5.74, 6) is -3.31. The molecule has 0 saturated carbocycles. The zero-order valence-corrected chi connectivity index (χ0v) is 24.2. The molecule has 194 valence electrons. The summed E-state index contributed by atoms with van der Waals surface area (Å²) in [7, 11) is -2.27. The lowest BCUT2D eigenvalue weighted by molar-refractivity contribution is -0.158.